The van der Waals surface area contributed by atoms with Crippen LogP contribution < -0.4 is 0 Å². The van der Waals surface area contributed by atoms with Gasteiger partial charge in [0.15, 0.2) is 0 Å². The van der Waals surface area contributed by atoms with E-state index in [1.54, 1.807) is 24.1 Å². The quantitative estimate of drug-likeness (QED) is 0.777. The Morgan fingerprint density at radius 1 is 1.40 bits per heavy atom. The molecule has 0 aromatic heterocycles. The molecule has 0 atom stereocenters. The molecular formula is C11H14FNOS. The fraction of sp³-hybridized carbons (Fsp3) is 0.364. The van der Waals surface area contributed by atoms with Crippen molar-refractivity contribution in [1.82, 2.24) is 4.90 Å². The highest BCUT2D eigenvalue weighted by molar-refractivity contribution is 7.81. The average Bonchev–Trinajstić information content (AvgIpc) is 2.26. The molecule has 0 N–H and O–H groups in total. The molecule has 0 heterocycles. The molecule has 0 bridgehead atoms. The van der Waals surface area contributed by atoms with Crippen LogP contribution in [0.3, 0.4) is 0 Å². The summed E-state index contributed by atoms with van der Waals surface area (Å²) in [7, 11) is 1.74. The van der Waals surface area contributed by atoms with Crippen molar-refractivity contribution in [3.8, 4) is 0 Å². The number of carbonyl (C=O) groups is 1. The predicted octanol–water partition coefficient (Wildman–Crippen LogP) is 1.76. The second-order valence-corrected chi connectivity index (χ2v) is 3.67. The first-order valence-electron chi connectivity index (χ1n) is 4.72. The van der Waals surface area contributed by atoms with Crippen LogP contribution in [0.15, 0.2) is 24.3 Å². The van der Waals surface area contributed by atoms with E-state index < -0.39 is 0 Å². The molecule has 0 unspecified atom stereocenters. The molecule has 1 aromatic carbocycles. The van der Waals surface area contributed by atoms with Crippen molar-refractivity contribution >= 4 is 18.5 Å². The van der Waals surface area contributed by atoms with Crippen LogP contribution in [0, 0.1) is 5.82 Å². The third kappa shape index (κ3) is 3.91. The molecule has 0 aliphatic heterocycles. The summed E-state index contributed by atoms with van der Waals surface area (Å²) in [5.74, 6) is -0.0149. The van der Waals surface area contributed by atoms with Gasteiger partial charge in [0, 0.05) is 13.6 Å². The van der Waals surface area contributed by atoms with Gasteiger partial charge in [0.05, 0.1) is 5.75 Å². The number of likely N-dealkylation sites (N-methyl/N-ethyl adjacent to an activating group) is 1. The Kier molecular flexibility index (Phi) is 4.62. The summed E-state index contributed by atoms with van der Waals surface area (Å²) in [4.78, 5) is 12.8. The topological polar surface area (TPSA) is 20.3 Å². The molecule has 4 heteroatoms. The minimum absolute atomic E-state index is 0.000412. The SMILES string of the molecule is CN(CCc1ccc(F)cc1)C(=O)CS. The van der Waals surface area contributed by atoms with Crippen LogP contribution in [0.25, 0.3) is 0 Å². The molecule has 0 aliphatic rings. The summed E-state index contributed by atoms with van der Waals surface area (Å²) in [6.07, 6.45) is 0.732. The Hall–Kier alpha value is -1.03. The van der Waals surface area contributed by atoms with Gasteiger partial charge >= 0.3 is 0 Å². The molecule has 0 saturated carbocycles. The Labute approximate surface area is 94.5 Å². The Morgan fingerprint density at radius 3 is 2.53 bits per heavy atom. The number of amides is 1. The van der Waals surface area contributed by atoms with E-state index in [-0.39, 0.29) is 17.5 Å². The highest BCUT2D eigenvalue weighted by Gasteiger charge is 2.05. The second kappa shape index (κ2) is 5.75. The van der Waals surface area contributed by atoms with Crippen LogP contribution in [0.1, 0.15) is 5.56 Å². The van der Waals surface area contributed by atoms with E-state index in [2.05, 4.69) is 12.6 Å². The van der Waals surface area contributed by atoms with Gasteiger partial charge in [-0.05, 0) is 24.1 Å². The van der Waals surface area contributed by atoms with Gasteiger partial charge in [0.2, 0.25) is 5.91 Å². The Morgan fingerprint density at radius 2 is 2.00 bits per heavy atom. The number of hydrogen-bond acceptors (Lipinski definition) is 2. The number of carbonyl (C=O) groups excluding carboxylic acids is 1. The summed E-state index contributed by atoms with van der Waals surface area (Å²) >= 11 is 3.91. The normalized spacial score (nSPS) is 10.1. The van der Waals surface area contributed by atoms with Crippen molar-refractivity contribution < 1.29 is 9.18 Å². The van der Waals surface area contributed by atoms with Crippen molar-refractivity contribution in [3.05, 3.63) is 35.6 Å². The number of hydrogen-bond donors (Lipinski definition) is 1. The van der Waals surface area contributed by atoms with Gasteiger partial charge in [0.25, 0.3) is 0 Å². The van der Waals surface area contributed by atoms with Crippen LogP contribution in [0.4, 0.5) is 4.39 Å². The van der Waals surface area contributed by atoms with E-state index in [0.29, 0.717) is 6.54 Å². The molecule has 1 rings (SSSR count). The minimum Gasteiger partial charge on any atom is -0.345 e. The van der Waals surface area contributed by atoms with E-state index in [4.69, 9.17) is 0 Å². The molecule has 1 aromatic rings. The summed E-state index contributed by atoms with van der Waals surface area (Å²) in [6, 6.07) is 6.31. The molecule has 15 heavy (non-hydrogen) atoms. The fourth-order valence-electron chi connectivity index (χ4n) is 1.19. The van der Waals surface area contributed by atoms with Gasteiger partial charge in [-0.15, -0.1) is 0 Å². The molecule has 0 fully saturated rings. The summed E-state index contributed by atoms with van der Waals surface area (Å²) < 4.78 is 12.6. The van der Waals surface area contributed by atoms with Gasteiger partial charge in [-0.3, -0.25) is 4.79 Å². The van der Waals surface area contributed by atoms with E-state index in [9.17, 15) is 9.18 Å². The standard InChI is InChI=1S/C11H14FNOS/c1-13(11(14)8-15)7-6-9-2-4-10(12)5-3-9/h2-5,15H,6-8H2,1H3. The van der Waals surface area contributed by atoms with E-state index in [1.807, 2.05) is 0 Å². The lowest BCUT2D eigenvalue weighted by Gasteiger charge is -2.15. The fourth-order valence-corrected chi connectivity index (χ4v) is 1.43. The number of halogens is 1. The van der Waals surface area contributed by atoms with Gasteiger partial charge in [-0.25, -0.2) is 4.39 Å². The second-order valence-electron chi connectivity index (χ2n) is 3.35. The van der Waals surface area contributed by atoms with E-state index in [0.717, 1.165) is 12.0 Å². The number of rotatable bonds is 4. The zero-order valence-corrected chi connectivity index (χ0v) is 9.51. The lowest BCUT2D eigenvalue weighted by Crippen LogP contribution is -2.29. The maximum atomic E-state index is 12.6. The number of thiol groups is 1. The zero-order valence-electron chi connectivity index (χ0n) is 8.61. The first-order valence-corrected chi connectivity index (χ1v) is 5.36. The summed E-state index contributed by atoms with van der Waals surface area (Å²) in [6.45, 7) is 0.630. The molecule has 1 amide bonds. The van der Waals surface area contributed by atoms with Crippen molar-refractivity contribution in [2.45, 2.75) is 6.42 Å². The minimum atomic E-state index is -0.237. The van der Waals surface area contributed by atoms with Crippen LogP contribution >= 0.6 is 12.6 Å². The first-order chi connectivity index (χ1) is 7.13. The van der Waals surface area contributed by atoms with Crippen LogP contribution in [0.2, 0.25) is 0 Å². The molecular weight excluding hydrogens is 213 g/mol. The van der Waals surface area contributed by atoms with Crippen LogP contribution in [0.5, 0.6) is 0 Å². The van der Waals surface area contributed by atoms with Gasteiger partial charge < -0.3 is 4.90 Å². The number of nitrogens with zero attached hydrogens (tertiary/aromatic N) is 1. The molecule has 0 spiro atoms. The zero-order chi connectivity index (χ0) is 11.3. The summed E-state index contributed by atoms with van der Waals surface area (Å²) in [5, 5.41) is 0. The third-order valence-corrected chi connectivity index (χ3v) is 2.48. The molecule has 0 radical (unpaired) electrons. The average molecular weight is 227 g/mol. The maximum Gasteiger partial charge on any atom is 0.232 e. The smallest absolute Gasteiger partial charge is 0.232 e. The largest absolute Gasteiger partial charge is 0.345 e. The molecule has 0 aliphatic carbocycles. The maximum absolute atomic E-state index is 12.6. The third-order valence-electron chi connectivity index (χ3n) is 2.21. The predicted molar refractivity (Wildman–Crippen MR) is 61.6 cm³/mol. The molecule has 0 saturated heterocycles. The molecule has 82 valence electrons. The highest BCUT2D eigenvalue weighted by Crippen LogP contribution is 2.04. The molecule has 2 nitrogen and oxygen atoms in total. The van der Waals surface area contributed by atoms with Crippen molar-refractivity contribution in [3.63, 3.8) is 0 Å². The van der Waals surface area contributed by atoms with Gasteiger partial charge in [0.1, 0.15) is 5.82 Å². The lowest BCUT2D eigenvalue weighted by atomic mass is 10.1. The van der Waals surface area contributed by atoms with Crippen molar-refractivity contribution in [1.29, 1.82) is 0 Å². The van der Waals surface area contributed by atoms with Gasteiger partial charge in [-0.1, -0.05) is 12.1 Å². The summed E-state index contributed by atoms with van der Waals surface area (Å²) in [5.41, 5.74) is 1.02. The van der Waals surface area contributed by atoms with Crippen LogP contribution in [-0.4, -0.2) is 30.2 Å². The Balaban J connectivity index is 2.43. The van der Waals surface area contributed by atoms with E-state index in [1.165, 1.54) is 12.1 Å². The van der Waals surface area contributed by atoms with Crippen molar-refractivity contribution in [2.24, 2.45) is 0 Å². The monoisotopic (exact) mass is 227 g/mol. The number of benzene rings is 1. The van der Waals surface area contributed by atoms with Crippen LogP contribution in [-0.2, 0) is 11.2 Å². The van der Waals surface area contributed by atoms with Crippen molar-refractivity contribution in [2.75, 3.05) is 19.3 Å². The van der Waals surface area contributed by atoms with Gasteiger partial charge in [-0.2, -0.15) is 12.6 Å². The van der Waals surface area contributed by atoms with E-state index >= 15 is 0 Å². The Bertz CT molecular complexity index is 326. The lowest BCUT2D eigenvalue weighted by molar-refractivity contribution is -0.127. The first kappa shape index (κ1) is 12.0. The highest BCUT2D eigenvalue weighted by atomic mass is 32.1.